The number of benzene rings is 3. The molecule has 4 rings (SSSR count). The third-order valence-electron chi connectivity index (χ3n) is 4.86. The Morgan fingerprint density at radius 2 is 1.61 bits per heavy atom. The highest BCUT2D eigenvalue weighted by Gasteiger charge is 2.19. The quantitative estimate of drug-likeness (QED) is 0.393. The van der Waals surface area contributed by atoms with Gasteiger partial charge in [0.25, 0.3) is 11.8 Å². The fourth-order valence-electron chi connectivity index (χ4n) is 3.23. The van der Waals surface area contributed by atoms with Gasteiger partial charge in [0.05, 0.1) is 32.6 Å². The van der Waals surface area contributed by atoms with Crippen LogP contribution in [0.15, 0.2) is 65.2 Å². The number of nitrogens with zero attached hydrogens (tertiary/aromatic N) is 2. The average molecular weight is 466 g/mol. The summed E-state index contributed by atoms with van der Waals surface area (Å²) in [6.07, 6.45) is 0. The first kappa shape index (κ1) is 22.2. The van der Waals surface area contributed by atoms with Crippen molar-refractivity contribution in [3.63, 3.8) is 0 Å². The Labute approximate surface area is 195 Å². The maximum atomic E-state index is 13.0. The standard InChI is InChI=1S/C24H20ClN3O5/c1-30-19-12-15(13-20(31-2)21(19)32-3)23(29)26-18-7-5-4-6-17(18)24-27-22(28-33-24)14-8-10-16(25)11-9-14/h4-13H,1-3H3,(H,26,29). The van der Waals surface area contributed by atoms with Gasteiger partial charge in [-0.05, 0) is 48.5 Å². The van der Waals surface area contributed by atoms with Gasteiger partial charge in [-0.3, -0.25) is 4.79 Å². The Morgan fingerprint density at radius 1 is 0.939 bits per heavy atom. The minimum atomic E-state index is -0.376. The fourth-order valence-corrected chi connectivity index (χ4v) is 3.36. The molecule has 0 aliphatic carbocycles. The van der Waals surface area contributed by atoms with Crippen molar-refractivity contribution in [2.24, 2.45) is 0 Å². The molecular weight excluding hydrogens is 446 g/mol. The van der Waals surface area contributed by atoms with Crippen LogP contribution in [0.2, 0.25) is 5.02 Å². The molecule has 168 valence electrons. The van der Waals surface area contributed by atoms with Crippen molar-refractivity contribution in [3.8, 4) is 40.1 Å². The number of ether oxygens (including phenoxy) is 3. The number of para-hydroxylation sites is 1. The van der Waals surface area contributed by atoms with Crippen LogP contribution in [-0.2, 0) is 0 Å². The topological polar surface area (TPSA) is 95.7 Å². The van der Waals surface area contributed by atoms with E-state index in [2.05, 4.69) is 15.5 Å². The number of nitrogens with one attached hydrogen (secondary N) is 1. The van der Waals surface area contributed by atoms with Gasteiger partial charge in [0.2, 0.25) is 11.6 Å². The molecule has 1 aromatic heterocycles. The van der Waals surface area contributed by atoms with Crippen molar-refractivity contribution in [3.05, 3.63) is 71.2 Å². The summed E-state index contributed by atoms with van der Waals surface area (Å²) in [6.45, 7) is 0. The molecule has 1 N–H and O–H groups in total. The largest absolute Gasteiger partial charge is 0.493 e. The molecule has 1 amide bonds. The second kappa shape index (κ2) is 9.62. The molecule has 0 bridgehead atoms. The Balaban J connectivity index is 1.64. The highest BCUT2D eigenvalue weighted by Crippen LogP contribution is 2.38. The molecule has 0 unspecified atom stereocenters. The van der Waals surface area contributed by atoms with Crippen LogP contribution >= 0.6 is 11.6 Å². The van der Waals surface area contributed by atoms with Gasteiger partial charge in [0.1, 0.15) is 0 Å². The van der Waals surface area contributed by atoms with Crippen LogP contribution in [-0.4, -0.2) is 37.4 Å². The summed E-state index contributed by atoms with van der Waals surface area (Å²) in [5.74, 6) is 1.45. The van der Waals surface area contributed by atoms with Crippen LogP contribution in [0.1, 0.15) is 10.4 Å². The number of hydrogen-bond donors (Lipinski definition) is 1. The number of methoxy groups -OCH3 is 3. The Kier molecular flexibility index (Phi) is 6.46. The van der Waals surface area contributed by atoms with E-state index in [1.165, 1.54) is 21.3 Å². The normalized spacial score (nSPS) is 10.5. The summed E-state index contributed by atoms with van der Waals surface area (Å²) >= 11 is 5.95. The second-order valence-electron chi connectivity index (χ2n) is 6.84. The van der Waals surface area contributed by atoms with E-state index in [-0.39, 0.29) is 11.8 Å². The lowest BCUT2D eigenvalue weighted by Gasteiger charge is -2.14. The minimum absolute atomic E-state index is 0.265. The maximum absolute atomic E-state index is 13.0. The number of halogens is 1. The van der Waals surface area contributed by atoms with Crippen molar-refractivity contribution < 1.29 is 23.5 Å². The predicted octanol–water partition coefficient (Wildman–Crippen LogP) is 5.34. The minimum Gasteiger partial charge on any atom is -0.493 e. The van der Waals surface area contributed by atoms with Crippen molar-refractivity contribution >= 4 is 23.2 Å². The molecule has 0 saturated carbocycles. The lowest BCUT2D eigenvalue weighted by atomic mass is 10.1. The van der Waals surface area contributed by atoms with Gasteiger partial charge in [-0.2, -0.15) is 4.98 Å². The van der Waals surface area contributed by atoms with E-state index < -0.39 is 0 Å². The molecule has 0 spiro atoms. The smallest absolute Gasteiger partial charge is 0.260 e. The number of hydrogen-bond acceptors (Lipinski definition) is 7. The third kappa shape index (κ3) is 4.61. The lowest BCUT2D eigenvalue weighted by Crippen LogP contribution is -2.13. The summed E-state index contributed by atoms with van der Waals surface area (Å²) in [4.78, 5) is 17.5. The molecule has 0 saturated heterocycles. The first-order chi connectivity index (χ1) is 16.0. The number of carbonyl (C=O) groups excluding carboxylic acids is 1. The molecule has 3 aromatic carbocycles. The van der Waals surface area contributed by atoms with E-state index in [1.54, 1.807) is 54.6 Å². The van der Waals surface area contributed by atoms with E-state index in [0.29, 0.717) is 44.9 Å². The highest BCUT2D eigenvalue weighted by atomic mass is 35.5. The molecule has 0 aliphatic heterocycles. The first-order valence-electron chi connectivity index (χ1n) is 9.84. The zero-order chi connectivity index (χ0) is 23.4. The lowest BCUT2D eigenvalue weighted by molar-refractivity contribution is 0.102. The molecule has 0 atom stereocenters. The van der Waals surface area contributed by atoms with Gasteiger partial charge in [-0.1, -0.05) is 28.9 Å². The van der Waals surface area contributed by atoms with E-state index in [9.17, 15) is 4.79 Å². The average Bonchev–Trinajstić information content (AvgIpc) is 3.33. The molecule has 0 radical (unpaired) electrons. The Morgan fingerprint density at radius 3 is 2.24 bits per heavy atom. The van der Waals surface area contributed by atoms with E-state index in [4.69, 9.17) is 30.3 Å². The molecule has 4 aromatic rings. The summed E-state index contributed by atoms with van der Waals surface area (Å²) in [6, 6.07) is 17.4. The van der Waals surface area contributed by atoms with Gasteiger partial charge in [-0.25, -0.2) is 0 Å². The van der Waals surface area contributed by atoms with Gasteiger partial charge in [0.15, 0.2) is 11.5 Å². The summed E-state index contributed by atoms with van der Waals surface area (Å²) in [5, 5.41) is 7.55. The van der Waals surface area contributed by atoms with Crippen LogP contribution < -0.4 is 19.5 Å². The SMILES string of the molecule is COc1cc(C(=O)Nc2ccccc2-c2nc(-c3ccc(Cl)cc3)no2)cc(OC)c1OC. The Bertz CT molecular complexity index is 1260. The van der Waals surface area contributed by atoms with Crippen molar-refractivity contribution in [2.45, 2.75) is 0 Å². The first-order valence-corrected chi connectivity index (χ1v) is 10.2. The zero-order valence-electron chi connectivity index (χ0n) is 18.1. The molecule has 1 heterocycles. The molecule has 33 heavy (non-hydrogen) atoms. The molecule has 0 aliphatic rings. The fraction of sp³-hybridized carbons (Fsp3) is 0.125. The van der Waals surface area contributed by atoms with Crippen LogP contribution in [0.5, 0.6) is 17.2 Å². The van der Waals surface area contributed by atoms with E-state index in [1.807, 2.05) is 6.07 Å². The van der Waals surface area contributed by atoms with Crippen molar-refractivity contribution in [1.29, 1.82) is 0 Å². The number of anilines is 1. The molecule has 8 nitrogen and oxygen atoms in total. The van der Waals surface area contributed by atoms with Crippen molar-refractivity contribution in [1.82, 2.24) is 10.1 Å². The van der Waals surface area contributed by atoms with Crippen molar-refractivity contribution in [2.75, 3.05) is 26.6 Å². The predicted molar refractivity (Wildman–Crippen MR) is 124 cm³/mol. The maximum Gasteiger partial charge on any atom is 0.260 e. The van der Waals surface area contributed by atoms with Gasteiger partial charge < -0.3 is 24.1 Å². The monoisotopic (exact) mass is 465 g/mol. The zero-order valence-corrected chi connectivity index (χ0v) is 18.8. The van der Waals surface area contributed by atoms with E-state index in [0.717, 1.165) is 5.56 Å². The number of aromatic nitrogens is 2. The Hall–Kier alpha value is -4.04. The van der Waals surface area contributed by atoms with Crippen LogP contribution in [0.25, 0.3) is 22.8 Å². The summed E-state index contributed by atoms with van der Waals surface area (Å²) in [5.41, 5.74) is 2.16. The van der Waals surface area contributed by atoms with Gasteiger partial charge in [0, 0.05) is 16.1 Å². The van der Waals surface area contributed by atoms with Gasteiger partial charge in [-0.15, -0.1) is 0 Å². The second-order valence-corrected chi connectivity index (χ2v) is 7.28. The number of carbonyl (C=O) groups is 1. The van der Waals surface area contributed by atoms with Crippen LogP contribution in [0.3, 0.4) is 0 Å². The summed E-state index contributed by atoms with van der Waals surface area (Å²) in [7, 11) is 4.48. The van der Waals surface area contributed by atoms with Crippen LogP contribution in [0, 0.1) is 0 Å². The molecule has 9 heteroatoms. The number of amides is 1. The number of rotatable bonds is 7. The van der Waals surface area contributed by atoms with Gasteiger partial charge >= 0.3 is 0 Å². The third-order valence-corrected chi connectivity index (χ3v) is 5.11. The summed E-state index contributed by atoms with van der Waals surface area (Å²) < 4.78 is 21.5. The van der Waals surface area contributed by atoms with Crippen LogP contribution in [0.4, 0.5) is 5.69 Å². The van der Waals surface area contributed by atoms with E-state index >= 15 is 0 Å². The molecular formula is C24H20ClN3O5. The molecule has 0 fully saturated rings. The highest BCUT2D eigenvalue weighted by molar-refractivity contribution is 6.30.